The van der Waals surface area contributed by atoms with E-state index >= 15 is 0 Å². The van der Waals surface area contributed by atoms with E-state index in [1.54, 1.807) is 0 Å². The van der Waals surface area contributed by atoms with Gasteiger partial charge in [0.25, 0.3) is 0 Å². The Morgan fingerprint density at radius 1 is 1.29 bits per heavy atom. The minimum absolute atomic E-state index is 0.681. The van der Waals surface area contributed by atoms with E-state index in [2.05, 4.69) is 53.1 Å². The Hall–Kier alpha value is -1.28. The Morgan fingerprint density at radius 3 is 2.88 bits per heavy atom. The van der Waals surface area contributed by atoms with Gasteiger partial charge in [0.1, 0.15) is 0 Å². The Kier molecular flexibility index (Phi) is 4.21. The first-order chi connectivity index (χ1) is 8.36. The number of para-hydroxylation sites is 1. The first kappa shape index (κ1) is 12.2. The molecule has 1 aromatic carbocycles. The zero-order chi connectivity index (χ0) is 12.1. The smallest absolute Gasteiger partial charge is 0.0740 e. The molecule has 0 aliphatic carbocycles. The molecule has 0 radical (unpaired) electrons. The van der Waals surface area contributed by atoms with E-state index in [1.165, 1.54) is 10.9 Å². The van der Waals surface area contributed by atoms with Crippen LogP contribution in [0.2, 0.25) is 0 Å². The topological polar surface area (TPSA) is 17.8 Å². The highest BCUT2D eigenvalue weighted by molar-refractivity contribution is 6.17. The summed E-state index contributed by atoms with van der Waals surface area (Å²) in [5.41, 5.74) is 2.36. The monoisotopic (exact) mass is 248 g/mol. The second-order valence-electron chi connectivity index (χ2n) is 3.93. The summed E-state index contributed by atoms with van der Waals surface area (Å²) in [6.07, 6.45) is 6.07. The van der Waals surface area contributed by atoms with Crippen LogP contribution in [0.25, 0.3) is 10.9 Å². The number of aryl methyl sites for hydroxylation is 1. The van der Waals surface area contributed by atoms with Crippen molar-refractivity contribution < 1.29 is 0 Å². The van der Waals surface area contributed by atoms with Crippen LogP contribution in [0.1, 0.15) is 19.0 Å². The van der Waals surface area contributed by atoms with Gasteiger partial charge in [0.2, 0.25) is 0 Å². The van der Waals surface area contributed by atoms with Gasteiger partial charge in [0, 0.05) is 24.2 Å². The number of rotatable bonds is 5. The molecule has 1 aromatic heterocycles. The molecule has 2 aromatic rings. The standard InChI is InChI=1S/C14H17ClN2/c1-2-17-14-10-6-5-8-12(14)13(16-17)9-4-3-7-11-15/h3-6,8,10H,2,7,9,11H2,1H3. The maximum absolute atomic E-state index is 5.63. The predicted molar refractivity (Wildman–Crippen MR) is 73.6 cm³/mol. The highest BCUT2D eigenvalue weighted by atomic mass is 35.5. The van der Waals surface area contributed by atoms with Crippen molar-refractivity contribution in [1.29, 1.82) is 0 Å². The van der Waals surface area contributed by atoms with Crippen molar-refractivity contribution >= 4 is 22.5 Å². The first-order valence-corrected chi connectivity index (χ1v) is 6.55. The van der Waals surface area contributed by atoms with Crippen molar-refractivity contribution in [2.75, 3.05) is 5.88 Å². The summed E-state index contributed by atoms with van der Waals surface area (Å²) in [7, 11) is 0. The van der Waals surface area contributed by atoms with Gasteiger partial charge in [0.05, 0.1) is 11.2 Å². The third-order valence-corrected chi connectivity index (χ3v) is 3.01. The number of benzene rings is 1. The van der Waals surface area contributed by atoms with Gasteiger partial charge in [-0.25, -0.2) is 0 Å². The summed E-state index contributed by atoms with van der Waals surface area (Å²) in [4.78, 5) is 0. The van der Waals surface area contributed by atoms with Gasteiger partial charge in [0.15, 0.2) is 0 Å². The molecule has 0 aliphatic rings. The number of alkyl halides is 1. The summed E-state index contributed by atoms with van der Waals surface area (Å²) in [5.74, 6) is 0.681. The minimum atomic E-state index is 0.681. The van der Waals surface area contributed by atoms with Crippen LogP contribution in [0.5, 0.6) is 0 Å². The Labute approximate surface area is 107 Å². The molecule has 0 aliphatic heterocycles. The zero-order valence-corrected chi connectivity index (χ0v) is 10.8. The fourth-order valence-corrected chi connectivity index (χ4v) is 2.09. The number of halogens is 1. The average Bonchev–Trinajstić information content (AvgIpc) is 2.73. The van der Waals surface area contributed by atoms with E-state index < -0.39 is 0 Å². The van der Waals surface area contributed by atoms with Gasteiger partial charge in [-0.05, 0) is 19.4 Å². The van der Waals surface area contributed by atoms with Crippen molar-refractivity contribution in [2.24, 2.45) is 0 Å². The molecule has 0 saturated heterocycles. The summed E-state index contributed by atoms with van der Waals surface area (Å²) >= 11 is 5.63. The summed E-state index contributed by atoms with van der Waals surface area (Å²) < 4.78 is 2.06. The molecule has 17 heavy (non-hydrogen) atoms. The number of aromatic nitrogens is 2. The average molecular weight is 249 g/mol. The lowest BCUT2D eigenvalue weighted by atomic mass is 10.1. The van der Waals surface area contributed by atoms with Crippen molar-refractivity contribution in [1.82, 2.24) is 9.78 Å². The SMILES string of the molecule is CCn1nc(CC=CCCCl)c2ccccc21. The van der Waals surface area contributed by atoms with Crippen LogP contribution in [0.15, 0.2) is 36.4 Å². The van der Waals surface area contributed by atoms with E-state index in [9.17, 15) is 0 Å². The molecule has 2 rings (SSSR count). The van der Waals surface area contributed by atoms with E-state index in [1.807, 2.05) is 0 Å². The van der Waals surface area contributed by atoms with Gasteiger partial charge in [-0.15, -0.1) is 11.6 Å². The molecule has 1 heterocycles. The van der Waals surface area contributed by atoms with Gasteiger partial charge in [-0.3, -0.25) is 4.68 Å². The van der Waals surface area contributed by atoms with Gasteiger partial charge in [-0.1, -0.05) is 30.4 Å². The molecule has 90 valence electrons. The van der Waals surface area contributed by atoms with Crippen LogP contribution in [0.3, 0.4) is 0 Å². The second kappa shape index (κ2) is 5.87. The minimum Gasteiger partial charge on any atom is -0.265 e. The van der Waals surface area contributed by atoms with Crippen LogP contribution in [-0.2, 0) is 13.0 Å². The van der Waals surface area contributed by atoms with Crippen LogP contribution in [0.4, 0.5) is 0 Å². The lowest BCUT2D eigenvalue weighted by Gasteiger charge is -1.95. The molecule has 2 nitrogen and oxygen atoms in total. The quantitative estimate of drug-likeness (QED) is 0.582. The molecule has 0 N–H and O–H groups in total. The van der Waals surface area contributed by atoms with Crippen molar-refractivity contribution in [3.8, 4) is 0 Å². The summed E-state index contributed by atoms with van der Waals surface area (Å²) in [6.45, 7) is 3.03. The molecule has 0 unspecified atom stereocenters. The number of nitrogens with zero attached hydrogens (tertiary/aromatic N) is 2. The molecular formula is C14H17ClN2. The lowest BCUT2D eigenvalue weighted by Crippen LogP contribution is -1.96. The second-order valence-corrected chi connectivity index (χ2v) is 4.31. The maximum atomic E-state index is 5.63. The molecule has 0 saturated carbocycles. The number of hydrogen-bond donors (Lipinski definition) is 0. The normalized spacial score (nSPS) is 11.6. The summed E-state index contributed by atoms with van der Waals surface area (Å²) in [6, 6.07) is 8.39. The van der Waals surface area contributed by atoms with E-state index in [4.69, 9.17) is 11.6 Å². The van der Waals surface area contributed by atoms with E-state index in [-0.39, 0.29) is 0 Å². The molecule has 0 bridgehead atoms. The van der Waals surface area contributed by atoms with Crippen molar-refractivity contribution in [3.05, 3.63) is 42.1 Å². The number of fused-ring (bicyclic) bond motifs is 1. The highest BCUT2D eigenvalue weighted by Crippen LogP contribution is 2.18. The van der Waals surface area contributed by atoms with Crippen molar-refractivity contribution in [2.45, 2.75) is 26.3 Å². The van der Waals surface area contributed by atoms with Crippen LogP contribution < -0.4 is 0 Å². The molecule has 0 atom stereocenters. The van der Waals surface area contributed by atoms with Crippen LogP contribution >= 0.6 is 11.6 Å². The fraction of sp³-hybridized carbons (Fsp3) is 0.357. The van der Waals surface area contributed by atoms with Crippen LogP contribution in [-0.4, -0.2) is 15.7 Å². The van der Waals surface area contributed by atoms with Gasteiger partial charge >= 0.3 is 0 Å². The van der Waals surface area contributed by atoms with Gasteiger partial charge in [-0.2, -0.15) is 5.10 Å². The van der Waals surface area contributed by atoms with E-state index in [0.717, 1.165) is 25.1 Å². The molecular weight excluding hydrogens is 232 g/mol. The first-order valence-electron chi connectivity index (χ1n) is 6.02. The summed E-state index contributed by atoms with van der Waals surface area (Å²) in [5, 5.41) is 5.89. The van der Waals surface area contributed by atoms with Crippen LogP contribution in [0, 0.1) is 0 Å². The molecule has 0 fully saturated rings. The highest BCUT2D eigenvalue weighted by Gasteiger charge is 2.06. The predicted octanol–water partition coefficient (Wildman–Crippen LogP) is 3.78. The molecule has 0 amide bonds. The Bertz CT molecular complexity index is 514. The van der Waals surface area contributed by atoms with E-state index in [0.29, 0.717) is 5.88 Å². The van der Waals surface area contributed by atoms with Gasteiger partial charge < -0.3 is 0 Å². The largest absolute Gasteiger partial charge is 0.265 e. The number of allylic oxidation sites excluding steroid dienone is 2. The lowest BCUT2D eigenvalue weighted by molar-refractivity contribution is 0.672. The number of hydrogen-bond acceptors (Lipinski definition) is 1. The Balaban J connectivity index is 2.28. The molecule has 3 heteroatoms. The Morgan fingerprint density at radius 2 is 2.12 bits per heavy atom. The molecule has 0 spiro atoms. The fourth-order valence-electron chi connectivity index (χ4n) is 1.96. The third kappa shape index (κ3) is 2.70. The maximum Gasteiger partial charge on any atom is 0.0740 e. The van der Waals surface area contributed by atoms with Crippen molar-refractivity contribution in [3.63, 3.8) is 0 Å². The third-order valence-electron chi connectivity index (χ3n) is 2.79. The zero-order valence-electron chi connectivity index (χ0n) is 10.1.